The predicted molar refractivity (Wildman–Crippen MR) is 103 cm³/mol. The Balaban J connectivity index is 1.48. The Morgan fingerprint density at radius 1 is 1.00 bits per heavy atom. The van der Waals surface area contributed by atoms with Gasteiger partial charge in [0.15, 0.2) is 0 Å². The van der Waals surface area contributed by atoms with E-state index in [0.29, 0.717) is 25.7 Å². The lowest BCUT2D eigenvalue weighted by Crippen LogP contribution is -2.52. The van der Waals surface area contributed by atoms with E-state index in [-0.39, 0.29) is 11.8 Å². The predicted octanol–water partition coefficient (Wildman–Crippen LogP) is 2.63. The van der Waals surface area contributed by atoms with Crippen LogP contribution in [0.2, 0.25) is 0 Å². The van der Waals surface area contributed by atoms with Crippen molar-refractivity contribution in [2.24, 2.45) is 0 Å². The topological polar surface area (TPSA) is 43.9 Å². The smallest absolute Gasteiger partial charge is 0.253 e. The first-order chi connectivity index (χ1) is 12.7. The number of likely N-dealkylation sites (N-methyl/N-ethyl adjacent to an activating group) is 1. The van der Waals surface area contributed by atoms with Crippen LogP contribution in [0.15, 0.2) is 30.3 Å². The van der Waals surface area contributed by atoms with Gasteiger partial charge >= 0.3 is 0 Å². The number of carbonyl (C=O) groups excluding carboxylic acids is 2. The molecule has 1 saturated heterocycles. The van der Waals surface area contributed by atoms with E-state index in [4.69, 9.17) is 0 Å². The quantitative estimate of drug-likeness (QED) is 0.814. The third kappa shape index (κ3) is 4.64. The van der Waals surface area contributed by atoms with Crippen LogP contribution >= 0.6 is 0 Å². The minimum absolute atomic E-state index is 0.0916. The first-order valence-corrected chi connectivity index (χ1v) is 10.0. The molecule has 3 rings (SSSR count). The van der Waals surface area contributed by atoms with E-state index in [1.54, 1.807) is 0 Å². The standard InChI is InChI=1S/C21H31N3O2/c1-2-24(19-11-7-4-8-12-19)20(25)17-22-13-15-23(16-14-22)21(26)18-9-5-3-6-10-18/h3,5-6,9-10,19H,2,4,7-8,11-17H2,1H3. The summed E-state index contributed by atoms with van der Waals surface area (Å²) in [7, 11) is 0. The average Bonchev–Trinajstić information content (AvgIpc) is 2.70. The van der Waals surface area contributed by atoms with Crippen LogP contribution in [-0.2, 0) is 4.79 Å². The summed E-state index contributed by atoms with van der Waals surface area (Å²) in [5.41, 5.74) is 0.742. The van der Waals surface area contributed by atoms with E-state index < -0.39 is 0 Å². The summed E-state index contributed by atoms with van der Waals surface area (Å²) >= 11 is 0. The zero-order valence-electron chi connectivity index (χ0n) is 15.9. The van der Waals surface area contributed by atoms with Gasteiger partial charge in [-0.25, -0.2) is 0 Å². The molecule has 1 aromatic rings. The molecule has 2 fully saturated rings. The first-order valence-electron chi connectivity index (χ1n) is 10.0. The van der Waals surface area contributed by atoms with Crippen molar-refractivity contribution in [1.29, 1.82) is 0 Å². The summed E-state index contributed by atoms with van der Waals surface area (Å²) in [6, 6.07) is 9.87. The molecule has 0 bridgehead atoms. The van der Waals surface area contributed by atoms with Crippen LogP contribution in [0.4, 0.5) is 0 Å². The molecular weight excluding hydrogens is 326 g/mol. The summed E-state index contributed by atoms with van der Waals surface area (Å²) in [5.74, 6) is 0.344. The zero-order valence-corrected chi connectivity index (χ0v) is 15.9. The highest BCUT2D eigenvalue weighted by atomic mass is 16.2. The van der Waals surface area contributed by atoms with Crippen molar-refractivity contribution in [2.75, 3.05) is 39.3 Å². The van der Waals surface area contributed by atoms with Gasteiger partial charge < -0.3 is 9.80 Å². The lowest BCUT2D eigenvalue weighted by Gasteiger charge is -2.38. The number of benzene rings is 1. The number of nitrogens with zero attached hydrogens (tertiary/aromatic N) is 3. The van der Waals surface area contributed by atoms with Gasteiger partial charge in [0, 0.05) is 44.3 Å². The normalized spacial score (nSPS) is 19.3. The molecular formula is C21H31N3O2. The Morgan fingerprint density at radius 2 is 1.65 bits per heavy atom. The Hall–Kier alpha value is -1.88. The van der Waals surface area contributed by atoms with Gasteiger partial charge in [-0.15, -0.1) is 0 Å². The van der Waals surface area contributed by atoms with Crippen molar-refractivity contribution in [3.05, 3.63) is 35.9 Å². The van der Waals surface area contributed by atoms with Gasteiger partial charge in [-0.1, -0.05) is 37.5 Å². The van der Waals surface area contributed by atoms with E-state index in [9.17, 15) is 9.59 Å². The van der Waals surface area contributed by atoms with E-state index >= 15 is 0 Å². The van der Waals surface area contributed by atoms with E-state index in [2.05, 4.69) is 16.7 Å². The van der Waals surface area contributed by atoms with Gasteiger partial charge in [0.05, 0.1) is 6.54 Å². The molecule has 0 unspecified atom stereocenters. The van der Waals surface area contributed by atoms with Gasteiger partial charge in [-0.3, -0.25) is 14.5 Å². The lowest BCUT2D eigenvalue weighted by molar-refractivity contribution is -0.135. The lowest BCUT2D eigenvalue weighted by atomic mass is 9.94. The highest BCUT2D eigenvalue weighted by molar-refractivity contribution is 5.94. The van der Waals surface area contributed by atoms with Gasteiger partial charge in [-0.05, 0) is 31.9 Å². The number of hydrogen-bond acceptors (Lipinski definition) is 3. The third-order valence-corrected chi connectivity index (χ3v) is 5.72. The maximum Gasteiger partial charge on any atom is 0.253 e. The largest absolute Gasteiger partial charge is 0.339 e. The molecule has 1 saturated carbocycles. The molecule has 2 aliphatic rings. The van der Waals surface area contributed by atoms with Crippen molar-refractivity contribution in [2.45, 2.75) is 45.1 Å². The molecule has 1 heterocycles. The second-order valence-electron chi connectivity index (χ2n) is 7.41. The number of rotatable bonds is 5. The summed E-state index contributed by atoms with van der Waals surface area (Å²) in [6.45, 7) is 6.29. The van der Waals surface area contributed by atoms with E-state index in [1.807, 2.05) is 35.2 Å². The van der Waals surface area contributed by atoms with Crippen molar-refractivity contribution in [3.8, 4) is 0 Å². The van der Waals surface area contributed by atoms with Gasteiger partial charge in [0.1, 0.15) is 0 Å². The maximum absolute atomic E-state index is 12.8. The van der Waals surface area contributed by atoms with Crippen LogP contribution in [-0.4, -0.2) is 71.8 Å². The number of carbonyl (C=O) groups is 2. The van der Waals surface area contributed by atoms with E-state index in [0.717, 1.165) is 38.0 Å². The number of amides is 2. The summed E-state index contributed by atoms with van der Waals surface area (Å²) in [5, 5.41) is 0. The van der Waals surface area contributed by atoms with Gasteiger partial charge in [0.25, 0.3) is 5.91 Å². The molecule has 0 aromatic heterocycles. The Morgan fingerprint density at radius 3 is 2.27 bits per heavy atom. The fourth-order valence-corrected chi connectivity index (χ4v) is 4.19. The highest BCUT2D eigenvalue weighted by Gasteiger charge is 2.27. The number of hydrogen-bond donors (Lipinski definition) is 0. The van der Waals surface area contributed by atoms with E-state index in [1.165, 1.54) is 19.3 Å². The van der Waals surface area contributed by atoms with Crippen LogP contribution in [0.5, 0.6) is 0 Å². The summed E-state index contributed by atoms with van der Waals surface area (Å²) in [6.07, 6.45) is 6.10. The van der Waals surface area contributed by atoms with Crippen LogP contribution < -0.4 is 0 Å². The molecule has 0 spiro atoms. The van der Waals surface area contributed by atoms with Crippen molar-refractivity contribution in [3.63, 3.8) is 0 Å². The first kappa shape index (κ1) is 18.9. The third-order valence-electron chi connectivity index (χ3n) is 5.72. The average molecular weight is 357 g/mol. The second kappa shape index (κ2) is 9.17. The fraction of sp³-hybridized carbons (Fsp3) is 0.619. The molecule has 5 nitrogen and oxygen atoms in total. The Labute approximate surface area is 156 Å². The Bertz CT molecular complexity index is 591. The molecule has 0 atom stereocenters. The molecule has 2 amide bonds. The second-order valence-corrected chi connectivity index (χ2v) is 7.41. The molecule has 5 heteroatoms. The molecule has 26 heavy (non-hydrogen) atoms. The van der Waals surface area contributed by atoms with Crippen molar-refractivity contribution < 1.29 is 9.59 Å². The minimum atomic E-state index is 0.0916. The molecule has 1 aromatic carbocycles. The monoisotopic (exact) mass is 357 g/mol. The highest BCUT2D eigenvalue weighted by Crippen LogP contribution is 2.22. The fourth-order valence-electron chi connectivity index (χ4n) is 4.19. The SMILES string of the molecule is CCN(C(=O)CN1CCN(C(=O)c2ccccc2)CC1)C1CCCCC1. The van der Waals surface area contributed by atoms with Crippen LogP contribution in [0.3, 0.4) is 0 Å². The van der Waals surface area contributed by atoms with Crippen LogP contribution in [0, 0.1) is 0 Å². The molecule has 1 aliphatic carbocycles. The van der Waals surface area contributed by atoms with Crippen molar-refractivity contribution >= 4 is 11.8 Å². The van der Waals surface area contributed by atoms with Crippen LogP contribution in [0.25, 0.3) is 0 Å². The van der Waals surface area contributed by atoms with Crippen molar-refractivity contribution in [1.82, 2.24) is 14.7 Å². The summed E-state index contributed by atoms with van der Waals surface area (Å²) in [4.78, 5) is 31.5. The molecule has 0 N–H and O–H groups in total. The van der Waals surface area contributed by atoms with Gasteiger partial charge in [-0.2, -0.15) is 0 Å². The Kier molecular flexibility index (Phi) is 6.67. The zero-order chi connectivity index (χ0) is 18.4. The van der Waals surface area contributed by atoms with Gasteiger partial charge in [0.2, 0.25) is 5.91 Å². The molecule has 1 aliphatic heterocycles. The molecule has 142 valence electrons. The van der Waals surface area contributed by atoms with Crippen LogP contribution in [0.1, 0.15) is 49.4 Å². The maximum atomic E-state index is 12.8. The summed E-state index contributed by atoms with van der Waals surface area (Å²) < 4.78 is 0. The minimum Gasteiger partial charge on any atom is -0.339 e. The molecule has 0 radical (unpaired) electrons. The number of piperazine rings is 1.